The van der Waals surface area contributed by atoms with Crippen molar-refractivity contribution in [2.24, 2.45) is 5.92 Å². The fourth-order valence-corrected chi connectivity index (χ4v) is 3.79. The minimum Gasteiger partial charge on any atom is -0.508 e. The zero-order chi connectivity index (χ0) is 17.2. The lowest BCUT2D eigenvalue weighted by molar-refractivity contribution is -0.144. The molecule has 0 radical (unpaired) electrons. The quantitative estimate of drug-likeness (QED) is 0.915. The van der Waals surface area contributed by atoms with Gasteiger partial charge in [-0.3, -0.25) is 9.69 Å². The van der Waals surface area contributed by atoms with Crippen molar-refractivity contribution in [3.8, 4) is 5.75 Å². The molecule has 1 aromatic carbocycles. The van der Waals surface area contributed by atoms with Crippen molar-refractivity contribution < 1.29 is 14.6 Å². The van der Waals surface area contributed by atoms with Crippen molar-refractivity contribution >= 4 is 5.91 Å². The van der Waals surface area contributed by atoms with E-state index >= 15 is 0 Å². The van der Waals surface area contributed by atoms with Gasteiger partial charge >= 0.3 is 0 Å². The van der Waals surface area contributed by atoms with E-state index in [9.17, 15) is 9.90 Å². The number of aromatic hydroxyl groups is 1. The molecule has 1 aromatic rings. The molecule has 0 spiro atoms. The predicted molar refractivity (Wildman–Crippen MR) is 93.0 cm³/mol. The van der Waals surface area contributed by atoms with Crippen LogP contribution >= 0.6 is 0 Å². The Morgan fingerprint density at radius 1 is 1.21 bits per heavy atom. The lowest BCUT2D eigenvalue weighted by Gasteiger charge is -2.41. The highest BCUT2D eigenvalue weighted by atomic mass is 16.5. The SMILES string of the molecule is CC(C)(C(=O)N1CCC(Cc2ccc(O)cc2)C1)N1CCOCC1. The van der Waals surface area contributed by atoms with E-state index in [4.69, 9.17) is 4.74 Å². The van der Waals surface area contributed by atoms with E-state index in [1.54, 1.807) is 12.1 Å². The maximum atomic E-state index is 13.0. The van der Waals surface area contributed by atoms with Crippen molar-refractivity contribution in [1.29, 1.82) is 0 Å². The molecule has 24 heavy (non-hydrogen) atoms. The summed E-state index contributed by atoms with van der Waals surface area (Å²) in [5, 5.41) is 9.38. The highest BCUT2D eigenvalue weighted by Crippen LogP contribution is 2.26. The zero-order valence-corrected chi connectivity index (χ0v) is 14.7. The summed E-state index contributed by atoms with van der Waals surface area (Å²) in [5.74, 6) is 1.03. The van der Waals surface area contributed by atoms with Gasteiger partial charge in [-0.2, -0.15) is 0 Å². The van der Waals surface area contributed by atoms with E-state index in [1.807, 2.05) is 30.9 Å². The summed E-state index contributed by atoms with van der Waals surface area (Å²) < 4.78 is 5.41. The topological polar surface area (TPSA) is 53.0 Å². The van der Waals surface area contributed by atoms with Gasteiger partial charge in [-0.05, 0) is 50.3 Å². The lowest BCUT2D eigenvalue weighted by atomic mass is 9.98. The number of morpholine rings is 1. The number of phenolic OH excluding ortho intramolecular Hbond substituents is 1. The molecule has 1 atom stereocenters. The number of ether oxygens (including phenoxy) is 1. The van der Waals surface area contributed by atoms with Gasteiger partial charge in [0.25, 0.3) is 0 Å². The number of amides is 1. The van der Waals surface area contributed by atoms with Crippen molar-refractivity contribution in [2.75, 3.05) is 39.4 Å². The molecule has 5 heteroatoms. The first-order valence-corrected chi connectivity index (χ1v) is 8.87. The van der Waals surface area contributed by atoms with Gasteiger partial charge in [0.15, 0.2) is 0 Å². The van der Waals surface area contributed by atoms with Crippen LogP contribution < -0.4 is 0 Å². The summed E-state index contributed by atoms with van der Waals surface area (Å²) in [6.07, 6.45) is 2.01. The standard InChI is InChI=1S/C19H28N2O3/c1-19(2,21-9-11-24-12-10-21)18(23)20-8-7-16(14-20)13-15-3-5-17(22)6-4-15/h3-6,16,22H,7-14H2,1-2H3. The Hall–Kier alpha value is -1.59. The van der Waals surface area contributed by atoms with E-state index in [2.05, 4.69) is 4.90 Å². The largest absolute Gasteiger partial charge is 0.508 e. The molecule has 0 aromatic heterocycles. The molecule has 132 valence electrons. The molecular formula is C19H28N2O3. The Morgan fingerprint density at radius 2 is 1.88 bits per heavy atom. The average Bonchev–Trinajstić information content (AvgIpc) is 3.05. The molecule has 2 saturated heterocycles. The van der Waals surface area contributed by atoms with Crippen LogP contribution in [0.2, 0.25) is 0 Å². The van der Waals surface area contributed by atoms with Crippen LogP contribution in [0.3, 0.4) is 0 Å². The molecule has 0 saturated carbocycles. The normalized spacial score (nSPS) is 22.8. The first-order chi connectivity index (χ1) is 11.5. The van der Waals surface area contributed by atoms with Crippen LogP contribution in [0.1, 0.15) is 25.8 Å². The second kappa shape index (κ2) is 7.11. The van der Waals surface area contributed by atoms with Gasteiger partial charge in [0, 0.05) is 26.2 Å². The lowest BCUT2D eigenvalue weighted by Crippen LogP contribution is -2.58. The number of nitrogens with zero attached hydrogens (tertiary/aromatic N) is 2. The van der Waals surface area contributed by atoms with Gasteiger partial charge in [-0.1, -0.05) is 12.1 Å². The summed E-state index contributed by atoms with van der Waals surface area (Å²) >= 11 is 0. The van der Waals surface area contributed by atoms with E-state index in [0.29, 0.717) is 24.9 Å². The predicted octanol–water partition coefficient (Wildman–Crippen LogP) is 1.89. The Balaban J connectivity index is 1.57. The number of carbonyl (C=O) groups is 1. The number of phenols is 1. The highest BCUT2D eigenvalue weighted by Gasteiger charge is 2.40. The monoisotopic (exact) mass is 332 g/mol. The molecule has 0 aliphatic carbocycles. The van der Waals surface area contributed by atoms with Crippen LogP contribution in [0.25, 0.3) is 0 Å². The molecule has 1 unspecified atom stereocenters. The van der Waals surface area contributed by atoms with Crippen molar-refractivity contribution in [2.45, 2.75) is 32.2 Å². The van der Waals surface area contributed by atoms with Crippen LogP contribution in [0.4, 0.5) is 0 Å². The average molecular weight is 332 g/mol. The molecule has 3 rings (SSSR count). The fourth-order valence-electron chi connectivity index (χ4n) is 3.79. The number of rotatable bonds is 4. The first kappa shape index (κ1) is 17.2. The third-order valence-corrected chi connectivity index (χ3v) is 5.36. The molecule has 2 aliphatic heterocycles. The zero-order valence-electron chi connectivity index (χ0n) is 14.7. The minimum absolute atomic E-state index is 0.234. The highest BCUT2D eigenvalue weighted by molar-refractivity contribution is 5.85. The number of benzene rings is 1. The molecule has 2 aliphatic rings. The molecular weight excluding hydrogens is 304 g/mol. The summed E-state index contributed by atoms with van der Waals surface area (Å²) in [6, 6.07) is 7.40. The van der Waals surface area contributed by atoms with Gasteiger partial charge in [-0.25, -0.2) is 0 Å². The Bertz CT molecular complexity index is 564. The summed E-state index contributed by atoms with van der Waals surface area (Å²) in [7, 11) is 0. The molecule has 1 amide bonds. The van der Waals surface area contributed by atoms with Gasteiger partial charge in [-0.15, -0.1) is 0 Å². The van der Waals surface area contributed by atoms with Crippen LogP contribution in [-0.4, -0.2) is 65.7 Å². The maximum absolute atomic E-state index is 13.0. The molecule has 0 bridgehead atoms. The van der Waals surface area contributed by atoms with Gasteiger partial charge in [0.1, 0.15) is 5.75 Å². The number of hydrogen-bond donors (Lipinski definition) is 1. The molecule has 5 nitrogen and oxygen atoms in total. The minimum atomic E-state index is -0.461. The third-order valence-electron chi connectivity index (χ3n) is 5.36. The van der Waals surface area contributed by atoms with Gasteiger partial charge < -0.3 is 14.7 Å². The fraction of sp³-hybridized carbons (Fsp3) is 0.632. The summed E-state index contributed by atoms with van der Waals surface area (Å²) in [4.78, 5) is 17.3. The van der Waals surface area contributed by atoms with Crippen LogP contribution in [0.15, 0.2) is 24.3 Å². The van der Waals surface area contributed by atoms with E-state index in [0.717, 1.165) is 39.0 Å². The van der Waals surface area contributed by atoms with Crippen LogP contribution in [-0.2, 0) is 16.0 Å². The maximum Gasteiger partial charge on any atom is 0.242 e. The van der Waals surface area contributed by atoms with Crippen molar-refractivity contribution in [3.05, 3.63) is 29.8 Å². The van der Waals surface area contributed by atoms with Crippen molar-refractivity contribution in [1.82, 2.24) is 9.80 Å². The van der Waals surface area contributed by atoms with E-state index < -0.39 is 5.54 Å². The second-order valence-corrected chi connectivity index (χ2v) is 7.43. The second-order valence-electron chi connectivity index (χ2n) is 7.43. The summed E-state index contributed by atoms with van der Waals surface area (Å²) in [6.45, 7) is 8.80. The van der Waals surface area contributed by atoms with Crippen LogP contribution in [0.5, 0.6) is 5.75 Å². The third kappa shape index (κ3) is 3.73. The first-order valence-electron chi connectivity index (χ1n) is 8.87. The number of carbonyl (C=O) groups excluding carboxylic acids is 1. The Labute approximate surface area is 144 Å². The number of hydrogen-bond acceptors (Lipinski definition) is 4. The van der Waals surface area contributed by atoms with Gasteiger partial charge in [0.05, 0.1) is 18.8 Å². The summed E-state index contributed by atoms with van der Waals surface area (Å²) in [5.41, 5.74) is 0.761. The van der Waals surface area contributed by atoms with Crippen LogP contribution in [0, 0.1) is 5.92 Å². The van der Waals surface area contributed by atoms with Crippen molar-refractivity contribution in [3.63, 3.8) is 0 Å². The van der Waals surface area contributed by atoms with E-state index in [1.165, 1.54) is 5.56 Å². The van der Waals surface area contributed by atoms with Gasteiger partial charge in [0.2, 0.25) is 5.91 Å². The molecule has 2 fully saturated rings. The molecule has 2 heterocycles. The Morgan fingerprint density at radius 3 is 2.54 bits per heavy atom. The van der Waals surface area contributed by atoms with E-state index in [-0.39, 0.29) is 5.91 Å². The number of likely N-dealkylation sites (tertiary alicyclic amines) is 1. The Kier molecular flexibility index (Phi) is 5.11. The molecule has 1 N–H and O–H groups in total. The smallest absolute Gasteiger partial charge is 0.242 e.